The molecular formula is C24H16ClNO3. The van der Waals surface area contributed by atoms with E-state index < -0.39 is 0 Å². The summed E-state index contributed by atoms with van der Waals surface area (Å²) in [6.07, 6.45) is 1.78. The van der Waals surface area contributed by atoms with E-state index >= 15 is 0 Å². The Morgan fingerprint density at radius 2 is 1.66 bits per heavy atom. The first-order valence-electron chi connectivity index (χ1n) is 9.36. The molecule has 0 fully saturated rings. The number of fused-ring (bicyclic) bond motifs is 3. The van der Waals surface area contributed by atoms with Crippen molar-refractivity contribution in [2.75, 3.05) is 0 Å². The van der Waals surface area contributed by atoms with E-state index in [1.165, 1.54) is 17.7 Å². The molecule has 0 atom stereocenters. The lowest BCUT2D eigenvalue weighted by molar-refractivity contribution is -0.384. The van der Waals surface area contributed by atoms with Crippen molar-refractivity contribution in [1.29, 1.82) is 0 Å². The molecule has 1 heterocycles. The fourth-order valence-corrected chi connectivity index (χ4v) is 4.22. The summed E-state index contributed by atoms with van der Waals surface area (Å²) < 4.78 is 6.44. The fraction of sp³-hybridized carbons (Fsp3) is 0.0833. The zero-order valence-corrected chi connectivity index (χ0v) is 16.1. The van der Waals surface area contributed by atoms with Crippen LogP contribution in [0.1, 0.15) is 11.1 Å². The van der Waals surface area contributed by atoms with Crippen molar-refractivity contribution < 1.29 is 9.34 Å². The minimum atomic E-state index is -0.386. The van der Waals surface area contributed by atoms with Gasteiger partial charge in [-0.15, -0.1) is 0 Å². The van der Waals surface area contributed by atoms with Gasteiger partial charge in [0.05, 0.1) is 4.92 Å². The van der Waals surface area contributed by atoms with Gasteiger partial charge in [-0.3, -0.25) is 10.1 Å². The molecule has 0 saturated heterocycles. The van der Waals surface area contributed by atoms with Crippen molar-refractivity contribution >= 4 is 17.3 Å². The van der Waals surface area contributed by atoms with Gasteiger partial charge in [-0.25, -0.2) is 0 Å². The third kappa shape index (κ3) is 3.02. The molecule has 1 aliphatic carbocycles. The topological polar surface area (TPSA) is 56.3 Å². The molecule has 29 heavy (non-hydrogen) atoms. The molecule has 142 valence electrons. The minimum Gasteiger partial charge on any atom is -0.455 e. The van der Waals surface area contributed by atoms with Gasteiger partial charge in [0.15, 0.2) is 0 Å². The predicted molar refractivity (Wildman–Crippen MR) is 114 cm³/mol. The number of rotatable bonds is 3. The summed E-state index contributed by atoms with van der Waals surface area (Å²) in [6, 6.07) is 22.5. The lowest BCUT2D eigenvalue weighted by Crippen LogP contribution is -2.02. The van der Waals surface area contributed by atoms with Crippen LogP contribution in [0.4, 0.5) is 5.69 Å². The van der Waals surface area contributed by atoms with Gasteiger partial charge in [0.2, 0.25) is 0 Å². The predicted octanol–water partition coefficient (Wildman–Crippen LogP) is 6.94. The number of benzene rings is 3. The lowest BCUT2D eigenvalue weighted by Gasteiger charge is -2.15. The average Bonchev–Trinajstić information content (AvgIpc) is 3.14. The molecule has 0 amide bonds. The zero-order valence-electron chi connectivity index (χ0n) is 15.4. The standard InChI is InChI=1S/C24H16ClNO3/c25-18-6-3-5-17(14-18)23-22(16-8-11-19(12-9-16)26(27)28)21-13-10-15-4-1-2-7-20(15)24(21)29-23/h1-9,11-12,14H,10,13H2. The summed E-state index contributed by atoms with van der Waals surface area (Å²) in [4.78, 5) is 10.7. The molecule has 0 aliphatic heterocycles. The number of halogens is 1. The van der Waals surface area contributed by atoms with Gasteiger partial charge in [-0.05, 0) is 48.2 Å². The molecule has 0 N–H and O–H groups in total. The molecule has 1 aliphatic rings. The highest BCUT2D eigenvalue weighted by molar-refractivity contribution is 6.30. The molecule has 1 aromatic heterocycles. The number of hydrogen-bond donors (Lipinski definition) is 0. The van der Waals surface area contributed by atoms with Crippen LogP contribution < -0.4 is 0 Å². The second-order valence-corrected chi connectivity index (χ2v) is 7.52. The minimum absolute atomic E-state index is 0.0702. The Hall–Kier alpha value is -3.37. The van der Waals surface area contributed by atoms with Gasteiger partial charge in [0.25, 0.3) is 5.69 Å². The summed E-state index contributed by atoms with van der Waals surface area (Å²) in [5.41, 5.74) is 6.33. The van der Waals surface area contributed by atoms with E-state index in [-0.39, 0.29) is 10.6 Å². The van der Waals surface area contributed by atoms with Crippen molar-refractivity contribution in [3.8, 4) is 33.8 Å². The van der Waals surface area contributed by atoms with Crippen LogP contribution in [0, 0.1) is 10.1 Å². The van der Waals surface area contributed by atoms with E-state index in [9.17, 15) is 10.1 Å². The second kappa shape index (κ2) is 6.90. The first kappa shape index (κ1) is 17.7. The highest BCUT2D eigenvalue weighted by atomic mass is 35.5. The highest BCUT2D eigenvalue weighted by Gasteiger charge is 2.28. The Morgan fingerprint density at radius 3 is 2.41 bits per heavy atom. The van der Waals surface area contributed by atoms with Gasteiger partial charge in [-0.1, -0.05) is 48.0 Å². The molecule has 0 spiro atoms. The van der Waals surface area contributed by atoms with Crippen LogP contribution in [0.15, 0.2) is 77.2 Å². The first-order chi connectivity index (χ1) is 14.1. The quantitative estimate of drug-likeness (QED) is 0.276. The number of nitro groups is 1. The zero-order chi connectivity index (χ0) is 20.0. The summed E-state index contributed by atoms with van der Waals surface area (Å²) in [5, 5.41) is 11.7. The van der Waals surface area contributed by atoms with Gasteiger partial charge < -0.3 is 4.42 Å². The van der Waals surface area contributed by atoms with Gasteiger partial charge >= 0.3 is 0 Å². The van der Waals surface area contributed by atoms with Crippen molar-refractivity contribution in [3.63, 3.8) is 0 Å². The van der Waals surface area contributed by atoms with E-state index in [2.05, 4.69) is 12.1 Å². The number of nitrogens with zero attached hydrogens (tertiary/aromatic N) is 1. The van der Waals surface area contributed by atoms with Gasteiger partial charge in [-0.2, -0.15) is 0 Å². The van der Waals surface area contributed by atoms with Crippen LogP contribution in [0.5, 0.6) is 0 Å². The van der Waals surface area contributed by atoms with Gasteiger partial charge in [0, 0.05) is 39.4 Å². The second-order valence-electron chi connectivity index (χ2n) is 7.09. The maximum absolute atomic E-state index is 11.1. The maximum Gasteiger partial charge on any atom is 0.269 e. The molecule has 4 nitrogen and oxygen atoms in total. The number of hydrogen-bond acceptors (Lipinski definition) is 3. The monoisotopic (exact) mass is 401 g/mol. The summed E-state index contributed by atoms with van der Waals surface area (Å²) in [6.45, 7) is 0. The molecule has 3 aromatic carbocycles. The van der Waals surface area contributed by atoms with Crippen LogP contribution >= 0.6 is 11.6 Å². The Labute approximate surface area is 172 Å². The Bertz CT molecular complexity index is 1240. The highest BCUT2D eigenvalue weighted by Crippen LogP contribution is 2.47. The fourth-order valence-electron chi connectivity index (χ4n) is 4.03. The first-order valence-corrected chi connectivity index (χ1v) is 9.74. The van der Waals surface area contributed by atoms with Crippen LogP contribution in [-0.2, 0) is 12.8 Å². The van der Waals surface area contributed by atoms with E-state index in [0.29, 0.717) is 5.02 Å². The maximum atomic E-state index is 11.1. The van der Waals surface area contributed by atoms with Crippen molar-refractivity contribution in [1.82, 2.24) is 0 Å². The number of aryl methyl sites for hydroxylation is 1. The third-order valence-electron chi connectivity index (χ3n) is 5.37. The smallest absolute Gasteiger partial charge is 0.269 e. The van der Waals surface area contributed by atoms with E-state index in [4.69, 9.17) is 16.0 Å². The van der Waals surface area contributed by atoms with Crippen LogP contribution in [0.2, 0.25) is 5.02 Å². The Morgan fingerprint density at radius 1 is 0.862 bits per heavy atom. The molecule has 5 rings (SSSR count). The van der Waals surface area contributed by atoms with Crippen LogP contribution in [0.25, 0.3) is 33.8 Å². The van der Waals surface area contributed by atoms with Crippen LogP contribution in [0.3, 0.4) is 0 Å². The molecule has 5 heteroatoms. The number of nitro benzene ring substituents is 1. The van der Waals surface area contributed by atoms with Crippen molar-refractivity contribution in [3.05, 3.63) is 99.1 Å². The summed E-state index contributed by atoms with van der Waals surface area (Å²) >= 11 is 6.24. The molecule has 0 bridgehead atoms. The Balaban J connectivity index is 1.77. The van der Waals surface area contributed by atoms with Crippen LogP contribution in [-0.4, -0.2) is 4.92 Å². The average molecular weight is 402 g/mol. The number of furan rings is 1. The molecular weight excluding hydrogens is 386 g/mol. The SMILES string of the molecule is O=[N+]([O-])c1ccc(-c2c(-c3cccc(Cl)c3)oc3c2CCc2ccccc2-3)cc1. The summed E-state index contributed by atoms with van der Waals surface area (Å²) in [5.74, 6) is 1.61. The molecule has 4 aromatic rings. The largest absolute Gasteiger partial charge is 0.455 e. The lowest BCUT2D eigenvalue weighted by atomic mass is 9.86. The van der Waals surface area contributed by atoms with E-state index in [1.807, 2.05) is 36.4 Å². The van der Waals surface area contributed by atoms with Crippen molar-refractivity contribution in [2.45, 2.75) is 12.8 Å². The van der Waals surface area contributed by atoms with E-state index in [1.54, 1.807) is 12.1 Å². The molecule has 0 radical (unpaired) electrons. The number of non-ortho nitro benzene ring substituents is 1. The third-order valence-corrected chi connectivity index (χ3v) is 5.60. The van der Waals surface area contributed by atoms with Crippen molar-refractivity contribution in [2.24, 2.45) is 0 Å². The van der Waals surface area contributed by atoms with E-state index in [0.717, 1.165) is 52.2 Å². The summed E-state index contributed by atoms with van der Waals surface area (Å²) in [7, 11) is 0. The Kier molecular flexibility index (Phi) is 4.22. The normalized spacial score (nSPS) is 12.3. The molecule has 0 saturated carbocycles. The molecule has 0 unspecified atom stereocenters. The van der Waals surface area contributed by atoms with Gasteiger partial charge in [0.1, 0.15) is 11.5 Å².